The molecule has 0 aliphatic carbocycles. The predicted octanol–water partition coefficient (Wildman–Crippen LogP) is -1.28. The number of hydrazine groups is 1. The van der Waals surface area contributed by atoms with Crippen molar-refractivity contribution >= 4 is 6.03 Å². The first-order chi connectivity index (χ1) is 6.16. The zero-order valence-corrected chi connectivity index (χ0v) is 7.32. The van der Waals surface area contributed by atoms with Gasteiger partial charge >= 0.3 is 6.03 Å². The van der Waals surface area contributed by atoms with E-state index in [0.29, 0.717) is 6.61 Å². The number of nitrogens with one attached hydrogen (secondary N) is 2. The highest BCUT2D eigenvalue weighted by Crippen LogP contribution is 1.83. The Balaban J connectivity index is 3.24. The molecule has 1 atom stereocenters. The van der Waals surface area contributed by atoms with Gasteiger partial charge < -0.3 is 15.6 Å². The second kappa shape index (κ2) is 7.53. The maximum atomic E-state index is 10.2. The van der Waals surface area contributed by atoms with Crippen molar-refractivity contribution in [1.29, 1.82) is 0 Å². The normalized spacial score (nSPS) is 12.1. The first-order valence-electron chi connectivity index (χ1n) is 3.81. The van der Waals surface area contributed by atoms with Gasteiger partial charge in [-0.05, 0) is 0 Å². The molecule has 0 aromatic rings. The Bertz CT molecular complexity index is 163. The summed E-state index contributed by atoms with van der Waals surface area (Å²) < 4.78 is 4.95. The van der Waals surface area contributed by atoms with Gasteiger partial charge in [0.25, 0.3) is 0 Å². The van der Waals surface area contributed by atoms with Gasteiger partial charge in [0.05, 0.1) is 19.3 Å². The fourth-order valence-corrected chi connectivity index (χ4v) is 0.602. The van der Waals surface area contributed by atoms with Gasteiger partial charge in [-0.1, -0.05) is 6.08 Å². The van der Waals surface area contributed by atoms with Crippen molar-refractivity contribution in [2.75, 3.05) is 19.8 Å². The largest absolute Gasteiger partial charge is 0.389 e. The molecule has 6 nitrogen and oxygen atoms in total. The number of hydrogen-bond acceptors (Lipinski definition) is 4. The van der Waals surface area contributed by atoms with Crippen LogP contribution in [0.5, 0.6) is 0 Å². The summed E-state index contributed by atoms with van der Waals surface area (Å²) in [6, 6.07) is -0.695. The van der Waals surface area contributed by atoms with Crippen LogP contribution in [0.2, 0.25) is 0 Å². The Morgan fingerprint density at radius 3 is 3.00 bits per heavy atom. The lowest BCUT2D eigenvalue weighted by atomic mass is 10.4. The molecule has 0 rings (SSSR count). The van der Waals surface area contributed by atoms with Crippen molar-refractivity contribution in [3.63, 3.8) is 0 Å². The molecule has 0 saturated heterocycles. The zero-order chi connectivity index (χ0) is 10.1. The number of rotatable bonds is 7. The lowest BCUT2D eigenvalue weighted by Crippen LogP contribution is -2.45. The minimum atomic E-state index is -0.695. The molecule has 0 spiro atoms. The molecule has 0 fully saturated rings. The maximum Gasteiger partial charge on any atom is 0.326 e. The van der Waals surface area contributed by atoms with Crippen molar-refractivity contribution in [3.05, 3.63) is 12.7 Å². The third-order valence-corrected chi connectivity index (χ3v) is 1.10. The fourth-order valence-electron chi connectivity index (χ4n) is 0.602. The Morgan fingerprint density at radius 2 is 2.46 bits per heavy atom. The number of aliphatic hydroxyl groups is 1. The number of hydrogen-bond donors (Lipinski definition) is 4. The van der Waals surface area contributed by atoms with Crippen molar-refractivity contribution in [1.82, 2.24) is 10.9 Å². The van der Waals surface area contributed by atoms with E-state index >= 15 is 0 Å². The van der Waals surface area contributed by atoms with Gasteiger partial charge in [-0.15, -0.1) is 6.58 Å². The minimum absolute atomic E-state index is 0.180. The third-order valence-electron chi connectivity index (χ3n) is 1.10. The van der Waals surface area contributed by atoms with E-state index in [1.165, 1.54) is 0 Å². The lowest BCUT2D eigenvalue weighted by Gasteiger charge is -2.11. The quantitative estimate of drug-likeness (QED) is 0.228. The van der Waals surface area contributed by atoms with Gasteiger partial charge in [-0.3, -0.25) is 5.43 Å². The van der Waals surface area contributed by atoms with E-state index < -0.39 is 12.1 Å². The Labute approximate surface area is 76.7 Å². The number of carbonyl (C=O) groups is 1. The molecule has 0 aromatic heterocycles. The molecule has 0 unspecified atom stereocenters. The van der Waals surface area contributed by atoms with E-state index in [1.807, 2.05) is 0 Å². The highest BCUT2D eigenvalue weighted by molar-refractivity contribution is 5.70. The third kappa shape index (κ3) is 8.80. The highest BCUT2D eigenvalue weighted by atomic mass is 16.5. The average molecular weight is 189 g/mol. The molecule has 76 valence electrons. The van der Waals surface area contributed by atoms with Crippen LogP contribution in [0.25, 0.3) is 0 Å². The molecule has 5 N–H and O–H groups in total. The number of primary amides is 1. The van der Waals surface area contributed by atoms with Gasteiger partial charge in [0.15, 0.2) is 0 Å². The van der Waals surface area contributed by atoms with Crippen LogP contribution in [0.1, 0.15) is 0 Å². The predicted molar refractivity (Wildman–Crippen MR) is 47.7 cm³/mol. The van der Waals surface area contributed by atoms with E-state index in [1.54, 1.807) is 6.08 Å². The molecule has 0 aliphatic rings. The summed E-state index contributed by atoms with van der Waals surface area (Å²) in [5, 5.41) is 9.17. The summed E-state index contributed by atoms with van der Waals surface area (Å²) in [4.78, 5) is 10.2. The van der Waals surface area contributed by atoms with E-state index in [-0.39, 0.29) is 13.2 Å². The van der Waals surface area contributed by atoms with Gasteiger partial charge in [0, 0.05) is 6.54 Å². The summed E-state index contributed by atoms with van der Waals surface area (Å²) in [6.45, 7) is 4.20. The Kier molecular flexibility index (Phi) is 6.89. The van der Waals surface area contributed by atoms with Crippen LogP contribution in [-0.4, -0.2) is 37.0 Å². The van der Waals surface area contributed by atoms with Crippen molar-refractivity contribution in [2.45, 2.75) is 6.10 Å². The monoisotopic (exact) mass is 189 g/mol. The smallest absolute Gasteiger partial charge is 0.326 e. The van der Waals surface area contributed by atoms with E-state index in [0.717, 1.165) is 0 Å². The number of ether oxygens (including phenoxy) is 1. The first kappa shape index (κ1) is 11.9. The van der Waals surface area contributed by atoms with E-state index in [4.69, 9.17) is 10.5 Å². The highest BCUT2D eigenvalue weighted by Gasteiger charge is 2.02. The molecule has 13 heavy (non-hydrogen) atoms. The van der Waals surface area contributed by atoms with Crippen LogP contribution < -0.4 is 16.6 Å². The van der Waals surface area contributed by atoms with Crippen LogP contribution in [-0.2, 0) is 4.74 Å². The van der Waals surface area contributed by atoms with Gasteiger partial charge in [-0.2, -0.15) is 0 Å². The van der Waals surface area contributed by atoms with Gasteiger partial charge in [0.1, 0.15) is 0 Å². The van der Waals surface area contributed by atoms with Gasteiger partial charge in [0.2, 0.25) is 0 Å². The average Bonchev–Trinajstić information content (AvgIpc) is 2.04. The van der Waals surface area contributed by atoms with Crippen LogP contribution in [0, 0.1) is 0 Å². The van der Waals surface area contributed by atoms with Crippen molar-refractivity contribution < 1.29 is 14.6 Å². The topological polar surface area (TPSA) is 96.6 Å². The number of amides is 2. The number of nitrogens with two attached hydrogens (primary N) is 1. The minimum Gasteiger partial charge on any atom is -0.389 e. The molecule has 0 aromatic carbocycles. The van der Waals surface area contributed by atoms with E-state index in [9.17, 15) is 9.90 Å². The summed E-state index contributed by atoms with van der Waals surface area (Å²) in [5.41, 5.74) is 9.31. The van der Waals surface area contributed by atoms with Crippen molar-refractivity contribution in [2.24, 2.45) is 5.73 Å². The molecule has 0 heterocycles. The first-order valence-corrected chi connectivity index (χ1v) is 3.81. The molecular weight excluding hydrogens is 174 g/mol. The van der Waals surface area contributed by atoms with Gasteiger partial charge in [-0.25, -0.2) is 10.2 Å². The van der Waals surface area contributed by atoms with Crippen molar-refractivity contribution in [3.8, 4) is 0 Å². The van der Waals surface area contributed by atoms with E-state index in [2.05, 4.69) is 17.4 Å². The fraction of sp³-hybridized carbons (Fsp3) is 0.571. The van der Waals surface area contributed by atoms with Crippen LogP contribution in [0.4, 0.5) is 4.79 Å². The zero-order valence-electron chi connectivity index (χ0n) is 7.32. The molecule has 2 amide bonds. The summed E-state index contributed by atoms with van der Waals surface area (Å²) in [5.74, 6) is 0. The van der Waals surface area contributed by atoms with Crippen LogP contribution >= 0.6 is 0 Å². The molecule has 0 saturated carbocycles. The molecule has 0 aliphatic heterocycles. The Hall–Kier alpha value is -1.11. The number of urea groups is 1. The maximum absolute atomic E-state index is 10.2. The summed E-state index contributed by atoms with van der Waals surface area (Å²) >= 11 is 0. The molecule has 6 heteroatoms. The second-order valence-corrected chi connectivity index (χ2v) is 2.35. The second-order valence-electron chi connectivity index (χ2n) is 2.35. The summed E-state index contributed by atoms with van der Waals surface area (Å²) in [7, 11) is 0. The molecule has 0 radical (unpaired) electrons. The molecular formula is C7H15N3O3. The van der Waals surface area contributed by atoms with Crippen LogP contribution in [0.3, 0.4) is 0 Å². The number of aliphatic hydroxyl groups excluding tert-OH is 1. The Morgan fingerprint density at radius 1 is 1.77 bits per heavy atom. The summed E-state index contributed by atoms with van der Waals surface area (Å²) in [6.07, 6.45) is 0.897. The number of carbonyl (C=O) groups excluding carboxylic acids is 1. The SMILES string of the molecule is C=CCOC[C@@H](O)CNNC(N)=O. The lowest BCUT2D eigenvalue weighted by molar-refractivity contribution is 0.0482. The molecule has 0 bridgehead atoms. The van der Waals surface area contributed by atoms with Crippen LogP contribution in [0.15, 0.2) is 12.7 Å². The standard InChI is InChI=1S/C7H15N3O3/c1-2-3-13-5-6(11)4-9-10-7(8)12/h2,6,9,11H,1,3-5H2,(H3,8,10,12)/t6-/m0/s1.